The van der Waals surface area contributed by atoms with Crippen molar-refractivity contribution in [2.45, 2.75) is 37.3 Å². The fourth-order valence-corrected chi connectivity index (χ4v) is 4.51. The van der Waals surface area contributed by atoms with Gasteiger partial charge in [-0.1, -0.05) is 11.8 Å². The van der Waals surface area contributed by atoms with Crippen molar-refractivity contribution in [3.63, 3.8) is 0 Å². The molecular weight excluding hydrogens is 293 g/mol. The van der Waals surface area contributed by atoms with E-state index in [1.54, 1.807) is 6.92 Å². The Morgan fingerprint density at radius 2 is 2.30 bits per heavy atom. The Balaban J connectivity index is 0.00000147. The minimum Gasteiger partial charge on any atom is -0.543 e. The Labute approximate surface area is 142 Å². The molecule has 3 unspecified atom stereocenters. The molecule has 0 aromatic carbocycles. The topological polar surface area (TPSA) is 89.9 Å². The van der Waals surface area contributed by atoms with Crippen LogP contribution >= 0.6 is 11.8 Å². The molecule has 2 fully saturated rings. The number of ether oxygens (including phenoxy) is 1. The largest absolute Gasteiger partial charge is 1.00 e. The van der Waals surface area contributed by atoms with Crippen LogP contribution in [-0.4, -0.2) is 46.1 Å². The minimum absolute atomic E-state index is 0. The van der Waals surface area contributed by atoms with Gasteiger partial charge in [0, 0.05) is 11.5 Å². The number of hydrogen-bond donors (Lipinski definition) is 1. The number of amides is 1. The van der Waals surface area contributed by atoms with Crippen molar-refractivity contribution in [1.82, 2.24) is 4.90 Å². The molecule has 104 valence electrons. The van der Waals surface area contributed by atoms with Crippen LogP contribution in [-0.2, 0) is 14.3 Å². The number of β-lactam (4-membered cyclic amide) rings is 1. The molecule has 0 aliphatic carbocycles. The zero-order valence-electron chi connectivity index (χ0n) is 11.4. The average molecular weight is 307 g/mol. The number of carboxylic acid groups (broad SMARTS) is 1. The molecule has 0 saturated carbocycles. The molecule has 0 bridgehead atoms. The number of rotatable bonds is 3. The van der Waals surface area contributed by atoms with Gasteiger partial charge in [0.1, 0.15) is 5.37 Å². The molecule has 0 aromatic heterocycles. The van der Waals surface area contributed by atoms with Crippen LogP contribution in [0.5, 0.6) is 0 Å². The second kappa shape index (κ2) is 5.98. The molecule has 4 atom stereocenters. The van der Waals surface area contributed by atoms with E-state index in [1.165, 1.54) is 16.7 Å². The van der Waals surface area contributed by atoms with Crippen LogP contribution < -0.4 is 34.7 Å². The molecule has 1 N–H and O–H groups in total. The summed E-state index contributed by atoms with van der Waals surface area (Å²) in [6, 6.07) is 0. The maximum absolute atomic E-state index is 11.9. The van der Waals surface area contributed by atoms with Crippen LogP contribution in [0.3, 0.4) is 0 Å². The fraction of sp³-hybridized carbons (Fsp3) is 0.667. The first-order valence-electron chi connectivity index (χ1n) is 6.27. The van der Waals surface area contributed by atoms with Gasteiger partial charge in [0.05, 0.1) is 29.8 Å². The van der Waals surface area contributed by atoms with Gasteiger partial charge in [-0.05, 0) is 19.8 Å². The first-order valence-corrected chi connectivity index (χ1v) is 7.15. The summed E-state index contributed by atoms with van der Waals surface area (Å²) in [6.07, 6.45) is 0.597. The van der Waals surface area contributed by atoms with E-state index in [2.05, 4.69) is 0 Å². The molecule has 0 spiro atoms. The smallest absolute Gasteiger partial charge is 0.543 e. The third-order valence-corrected chi connectivity index (χ3v) is 5.20. The third-order valence-electron chi connectivity index (χ3n) is 3.74. The minimum atomic E-state index is -1.35. The summed E-state index contributed by atoms with van der Waals surface area (Å²) in [7, 11) is 0. The van der Waals surface area contributed by atoms with Crippen LogP contribution in [0.15, 0.2) is 10.6 Å². The Morgan fingerprint density at radius 1 is 1.60 bits per heavy atom. The van der Waals surface area contributed by atoms with Crippen molar-refractivity contribution in [3.05, 3.63) is 10.6 Å². The van der Waals surface area contributed by atoms with Gasteiger partial charge >= 0.3 is 29.6 Å². The van der Waals surface area contributed by atoms with E-state index in [0.717, 1.165) is 12.8 Å². The Bertz CT molecular complexity index is 474. The van der Waals surface area contributed by atoms with Gasteiger partial charge in [-0.3, -0.25) is 9.69 Å². The van der Waals surface area contributed by atoms with E-state index < -0.39 is 18.0 Å². The number of fused-ring (bicyclic) bond motifs is 1. The monoisotopic (exact) mass is 307 g/mol. The molecule has 8 heteroatoms. The van der Waals surface area contributed by atoms with Gasteiger partial charge in [0.25, 0.3) is 0 Å². The van der Waals surface area contributed by atoms with Crippen LogP contribution in [0.1, 0.15) is 19.8 Å². The molecule has 0 radical (unpaired) electrons. The van der Waals surface area contributed by atoms with Gasteiger partial charge in [0.2, 0.25) is 5.91 Å². The molecule has 2 saturated heterocycles. The van der Waals surface area contributed by atoms with E-state index in [9.17, 15) is 19.8 Å². The number of carbonyl (C=O) groups is 2. The maximum Gasteiger partial charge on any atom is 1.00 e. The molecule has 6 nitrogen and oxygen atoms in total. The third kappa shape index (κ3) is 2.34. The summed E-state index contributed by atoms with van der Waals surface area (Å²) < 4.78 is 5.50. The normalized spacial score (nSPS) is 33.6. The van der Waals surface area contributed by atoms with Crippen LogP contribution in [0, 0.1) is 5.92 Å². The number of aliphatic carboxylic acids is 1. The van der Waals surface area contributed by atoms with Crippen molar-refractivity contribution in [3.8, 4) is 0 Å². The Morgan fingerprint density at radius 3 is 2.80 bits per heavy atom. The number of nitrogens with zero attached hydrogens (tertiary/aromatic N) is 1. The quantitative estimate of drug-likeness (QED) is 0.423. The van der Waals surface area contributed by atoms with Gasteiger partial charge in [0.15, 0.2) is 0 Å². The predicted molar refractivity (Wildman–Crippen MR) is 64.4 cm³/mol. The summed E-state index contributed by atoms with van der Waals surface area (Å²) in [5.74, 6) is -2.24. The van der Waals surface area contributed by atoms with Crippen molar-refractivity contribution < 1.29 is 54.1 Å². The molecule has 0 aromatic rings. The van der Waals surface area contributed by atoms with E-state index in [-0.39, 0.29) is 52.6 Å². The first-order chi connectivity index (χ1) is 9.02. The molecular formula is C12H14NNaO5S. The average Bonchev–Trinajstić information content (AvgIpc) is 2.92. The Hall–Kier alpha value is -0.0500. The van der Waals surface area contributed by atoms with Gasteiger partial charge in [-0.2, -0.15) is 0 Å². The number of carbonyl (C=O) groups excluding carboxylic acids is 2. The standard InChI is InChI=1S/C12H15NO5S.Na/c1-5(14)7-10(15)13-8(12(16)17)9(19-11(7)13)6-3-2-4-18-6;/h5-7,11,14H,2-4H2,1H3,(H,16,17);/q;+1/p-1/t5?,6?,7?,11-;/m0./s1. The summed E-state index contributed by atoms with van der Waals surface area (Å²) in [6.45, 7) is 2.15. The van der Waals surface area contributed by atoms with E-state index in [4.69, 9.17) is 4.74 Å². The van der Waals surface area contributed by atoms with Crippen LogP contribution in [0.4, 0.5) is 0 Å². The number of hydrogen-bond acceptors (Lipinski definition) is 6. The van der Waals surface area contributed by atoms with Crippen LogP contribution in [0.25, 0.3) is 0 Å². The fourth-order valence-electron chi connectivity index (χ4n) is 2.81. The second-order valence-corrected chi connectivity index (χ2v) is 6.14. The SMILES string of the molecule is CC(O)C1C(=O)N2C(C(=O)[O-])=C(C3CCCO3)S[C@@H]12.[Na+]. The first kappa shape index (κ1) is 16.3. The van der Waals surface area contributed by atoms with Gasteiger partial charge in [-0.25, -0.2) is 0 Å². The van der Waals surface area contributed by atoms with Crippen LogP contribution in [0.2, 0.25) is 0 Å². The molecule has 3 rings (SSSR count). The van der Waals surface area contributed by atoms with Crippen molar-refractivity contribution >= 4 is 23.6 Å². The number of thioether (sulfide) groups is 1. The van der Waals surface area contributed by atoms with Crippen molar-refractivity contribution in [2.75, 3.05) is 6.61 Å². The number of carboxylic acids is 1. The molecule has 3 aliphatic rings. The summed E-state index contributed by atoms with van der Waals surface area (Å²) in [5.41, 5.74) is -0.0659. The molecule has 20 heavy (non-hydrogen) atoms. The maximum atomic E-state index is 11.9. The van der Waals surface area contributed by atoms with Gasteiger partial charge < -0.3 is 19.7 Å². The number of aliphatic hydroxyl groups excluding tert-OH is 1. The summed E-state index contributed by atoms with van der Waals surface area (Å²) >= 11 is 1.31. The zero-order valence-corrected chi connectivity index (χ0v) is 14.2. The van der Waals surface area contributed by atoms with Crippen molar-refractivity contribution in [2.24, 2.45) is 5.92 Å². The molecule has 3 heterocycles. The molecule has 1 amide bonds. The van der Waals surface area contributed by atoms with E-state index in [1.807, 2.05) is 0 Å². The number of aliphatic hydroxyl groups is 1. The van der Waals surface area contributed by atoms with E-state index in [0.29, 0.717) is 11.5 Å². The second-order valence-electron chi connectivity index (χ2n) is 4.99. The molecule has 3 aliphatic heterocycles. The Kier molecular flexibility index (Phi) is 4.88. The summed E-state index contributed by atoms with van der Waals surface area (Å²) in [4.78, 5) is 25.0. The zero-order chi connectivity index (χ0) is 13.7. The van der Waals surface area contributed by atoms with E-state index >= 15 is 0 Å². The predicted octanol–water partition coefficient (Wildman–Crippen LogP) is -3.96. The van der Waals surface area contributed by atoms with Gasteiger partial charge in [-0.15, -0.1) is 0 Å². The summed E-state index contributed by atoms with van der Waals surface area (Å²) in [5, 5.41) is 20.5. The van der Waals surface area contributed by atoms with Crippen molar-refractivity contribution in [1.29, 1.82) is 0 Å².